The molecule has 0 amide bonds. The zero-order chi connectivity index (χ0) is 14.2. The molecule has 0 radical (unpaired) electrons. The summed E-state index contributed by atoms with van der Waals surface area (Å²) in [4.78, 5) is 24.5. The molecule has 106 valence electrons. The van der Waals surface area contributed by atoms with Crippen LogP contribution in [-0.4, -0.2) is 61.0 Å². The molecule has 0 spiro atoms. The lowest BCUT2D eigenvalue weighted by Gasteiger charge is -2.18. The number of aliphatic hydroxyl groups is 4. The molecule has 0 saturated carbocycles. The van der Waals surface area contributed by atoms with E-state index in [0.29, 0.717) is 0 Å². The summed E-state index contributed by atoms with van der Waals surface area (Å²) in [6.07, 6.45) is -5.72. The van der Waals surface area contributed by atoms with Gasteiger partial charge in [-0.05, 0) is 0 Å². The topological polar surface area (TPSA) is 145 Å². The predicted molar refractivity (Wildman–Crippen MR) is 60.3 cm³/mol. The van der Waals surface area contributed by atoms with E-state index in [-0.39, 0.29) is 0 Å². The Balaban J connectivity index is 2.31. The largest absolute Gasteiger partial charge is 0.394 e. The summed E-state index contributed by atoms with van der Waals surface area (Å²) in [5, 5.41) is 37.7. The van der Waals surface area contributed by atoms with Crippen molar-refractivity contribution < 1.29 is 25.2 Å². The molecule has 9 nitrogen and oxygen atoms in total. The van der Waals surface area contributed by atoms with Crippen molar-refractivity contribution in [3.8, 4) is 0 Å². The molecular formula is C10H14N2O7. The Morgan fingerprint density at radius 1 is 1.37 bits per heavy atom. The Hall–Kier alpha value is -1.52. The van der Waals surface area contributed by atoms with Gasteiger partial charge in [-0.25, -0.2) is 4.79 Å². The van der Waals surface area contributed by atoms with Gasteiger partial charge in [0.15, 0.2) is 6.23 Å². The number of nitrogens with one attached hydrogen (secondary N) is 1. The standard InChI is InChI=1S/C10H14N2O7/c13-3-4(14)8-6(16)7(17)9(19-8)12-2-1-5(15)11-10(12)18/h1-2,4,6-9,13-14,16-17H,3H2,(H,11,15,18)/t4-,6+,7+,8+,9+/m0/s1. The van der Waals surface area contributed by atoms with E-state index < -0.39 is 48.5 Å². The number of hydrogen-bond acceptors (Lipinski definition) is 7. The molecule has 1 aromatic heterocycles. The second-order valence-electron chi connectivity index (χ2n) is 4.24. The van der Waals surface area contributed by atoms with E-state index in [1.54, 1.807) is 0 Å². The highest BCUT2D eigenvalue weighted by molar-refractivity contribution is 4.95. The number of aliphatic hydroxyl groups excluding tert-OH is 4. The SMILES string of the molecule is O=c1ccn([C@@H]2O[C@H]([C@@H](O)CO)[C@H](O)[C@H]2O)c(=O)[nH]1. The summed E-state index contributed by atoms with van der Waals surface area (Å²) in [5.41, 5.74) is -1.43. The molecule has 0 aromatic carbocycles. The fourth-order valence-electron chi connectivity index (χ4n) is 1.97. The molecule has 0 unspecified atom stereocenters. The van der Waals surface area contributed by atoms with Crippen LogP contribution in [0.1, 0.15) is 6.23 Å². The van der Waals surface area contributed by atoms with Crippen LogP contribution in [0.4, 0.5) is 0 Å². The average Bonchev–Trinajstić information content (AvgIpc) is 2.66. The molecule has 5 N–H and O–H groups in total. The molecule has 5 atom stereocenters. The van der Waals surface area contributed by atoms with Crippen molar-refractivity contribution in [2.24, 2.45) is 0 Å². The Morgan fingerprint density at radius 3 is 2.63 bits per heavy atom. The number of nitrogens with zero attached hydrogens (tertiary/aromatic N) is 1. The third-order valence-electron chi connectivity index (χ3n) is 2.97. The highest BCUT2D eigenvalue weighted by atomic mass is 16.6. The quantitative estimate of drug-likeness (QED) is 0.384. The number of hydrogen-bond donors (Lipinski definition) is 5. The van der Waals surface area contributed by atoms with Gasteiger partial charge in [0.1, 0.15) is 24.4 Å². The van der Waals surface area contributed by atoms with Crippen LogP contribution in [0.25, 0.3) is 0 Å². The molecule has 1 aromatic rings. The van der Waals surface area contributed by atoms with Crippen LogP contribution in [0.3, 0.4) is 0 Å². The number of aromatic amines is 1. The van der Waals surface area contributed by atoms with Crippen LogP contribution in [0.2, 0.25) is 0 Å². The summed E-state index contributed by atoms with van der Waals surface area (Å²) in [7, 11) is 0. The zero-order valence-electron chi connectivity index (χ0n) is 9.71. The van der Waals surface area contributed by atoms with Gasteiger partial charge in [0.2, 0.25) is 0 Å². The van der Waals surface area contributed by atoms with Crippen LogP contribution < -0.4 is 11.2 Å². The van der Waals surface area contributed by atoms with Crippen molar-refractivity contribution in [1.82, 2.24) is 9.55 Å². The first-order valence-electron chi connectivity index (χ1n) is 5.57. The smallest absolute Gasteiger partial charge is 0.330 e. The molecule has 1 fully saturated rings. The monoisotopic (exact) mass is 274 g/mol. The maximum absolute atomic E-state index is 11.5. The van der Waals surface area contributed by atoms with Crippen molar-refractivity contribution >= 4 is 0 Å². The first kappa shape index (κ1) is 13.9. The van der Waals surface area contributed by atoms with Crippen LogP contribution in [-0.2, 0) is 4.74 Å². The Labute approximate surface area is 106 Å². The maximum atomic E-state index is 11.5. The lowest BCUT2D eigenvalue weighted by molar-refractivity contribution is -0.0982. The van der Waals surface area contributed by atoms with E-state index in [1.807, 2.05) is 4.98 Å². The predicted octanol–water partition coefficient (Wildman–Crippen LogP) is -3.49. The van der Waals surface area contributed by atoms with Gasteiger partial charge in [-0.1, -0.05) is 0 Å². The first-order chi connectivity index (χ1) is 8.95. The van der Waals surface area contributed by atoms with Crippen LogP contribution in [0, 0.1) is 0 Å². The van der Waals surface area contributed by atoms with E-state index in [0.717, 1.165) is 16.8 Å². The molecule has 1 aliphatic rings. The van der Waals surface area contributed by atoms with Crippen molar-refractivity contribution in [3.63, 3.8) is 0 Å². The van der Waals surface area contributed by atoms with E-state index in [4.69, 9.17) is 9.84 Å². The van der Waals surface area contributed by atoms with E-state index in [9.17, 15) is 24.9 Å². The number of ether oxygens (including phenoxy) is 1. The molecule has 2 heterocycles. The minimum absolute atomic E-state index is 0.610. The molecule has 19 heavy (non-hydrogen) atoms. The lowest BCUT2D eigenvalue weighted by atomic mass is 10.1. The van der Waals surface area contributed by atoms with E-state index in [1.165, 1.54) is 0 Å². The third kappa shape index (κ3) is 2.46. The normalized spacial score (nSPS) is 32.4. The molecule has 1 aliphatic heterocycles. The van der Waals surface area contributed by atoms with Crippen molar-refractivity contribution in [3.05, 3.63) is 33.1 Å². The van der Waals surface area contributed by atoms with Gasteiger partial charge in [0.25, 0.3) is 5.56 Å². The molecule has 9 heteroatoms. The second-order valence-corrected chi connectivity index (χ2v) is 4.24. The second kappa shape index (κ2) is 5.23. The Morgan fingerprint density at radius 2 is 2.05 bits per heavy atom. The Kier molecular flexibility index (Phi) is 3.83. The zero-order valence-corrected chi connectivity index (χ0v) is 9.71. The van der Waals surface area contributed by atoms with Crippen LogP contribution in [0.15, 0.2) is 21.9 Å². The van der Waals surface area contributed by atoms with Gasteiger partial charge in [-0.2, -0.15) is 0 Å². The van der Waals surface area contributed by atoms with Gasteiger partial charge in [0, 0.05) is 12.3 Å². The minimum Gasteiger partial charge on any atom is -0.394 e. The number of rotatable bonds is 3. The highest BCUT2D eigenvalue weighted by Gasteiger charge is 2.46. The molecule has 0 bridgehead atoms. The van der Waals surface area contributed by atoms with Crippen molar-refractivity contribution in [1.29, 1.82) is 0 Å². The summed E-state index contributed by atoms with van der Waals surface area (Å²) in [6, 6.07) is 1.06. The summed E-state index contributed by atoms with van der Waals surface area (Å²) in [5.74, 6) is 0. The van der Waals surface area contributed by atoms with Crippen LogP contribution >= 0.6 is 0 Å². The van der Waals surface area contributed by atoms with Gasteiger partial charge < -0.3 is 25.2 Å². The van der Waals surface area contributed by atoms with Gasteiger partial charge in [-0.15, -0.1) is 0 Å². The summed E-state index contributed by atoms with van der Waals surface area (Å²) < 4.78 is 6.06. The maximum Gasteiger partial charge on any atom is 0.330 e. The third-order valence-corrected chi connectivity index (χ3v) is 2.97. The van der Waals surface area contributed by atoms with Crippen molar-refractivity contribution in [2.75, 3.05) is 6.61 Å². The van der Waals surface area contributed by atoms with Crippen LogP contribution in [0.5, 0.6) is 0 Å². The number of aromatic nitrogens is 2. The van der Waals surface area contributed by atoms with Gasteiger partial charge >= 0.3 is 5.69 Å². The fraction of sp³-hybridized carbons (Fsp3) is 0.600. The molecule has 1 saturated heterocycles. The lowest BCUT2D eigenvalue weighted by Crippen LogP contribution is -2.40. The Bertz CT molecular complexity index is 553. The molecular weight excluding hydrogens is 260 g/mol. The van der Waals surface area contributed by atoms with Crippen molar-refractivity contribution in [2.45, 2.75) is 30.6 Å². The summed E-state index contributed by atoms with van der Waals surface area (Å²) >= 11 is 0. The van der Waals surface area contributed by atoms with E-state index in [2.05, 4.69) is 0 Å². The average molecular weight is 274 g/mol. The molecule has 0 aliphatic carbocycles. The summed E-state index contributed by atoms with van der Waals surface area (Å²) in [6.45, 7) is -0.665. The highest BCUT2D eigenvalue weighted by Crippen LogP contribution is 2.29. The first-order valence-corrected chi connectivity index (χ1v) is 5.57. The minimum atomic E-state index is -1.48. The fourth-order valence-corrected chi connectivity index (χ4v) is 1.97. The van der Waals surface area contributed by atoms with Gasteiger partial charge in [0.05, 0.1) is 6.61 Å². The number of H-pyrrole nitrogens is 1. The van der Waals surface area contributed by atoms with Gasteiger partial charge in [-0.3, -0.25) is 14.3 Å². The van der Waals surface area contributed by atoms with E-state index >= 15 is 0 Å². The molecule has 2 rings (SSSR count).